The Kier molecular flexibility index (Phi) is 7.60. The normalized spacial score (nSPS) is 14.0. The highest BCUT2D eigenvalue weighted by Crippen LogP contribution is 2.31. The van der Waals surface area contributed by atoms with Gasteiger partial charge in [0, 0.05) is 29.4 Å². The molecular formula is C29H28ClFN4O3. The van der Waals surface area contributed by atoms with E-state index >= 15 is 0 Å². The number of ether oxygens (including phenoxy) is 1. The SMILES string of the molecule is COc1ccc(Cl)c(CC(=O)N2CCC(c3ccc(NC(=O)Cn4cnc5ccccc54)cc3)CC2)c1F. The lowest BCUT2D eigenvalue weighted by Gasteiger charge is -2.32. The van der Waals surface area contributed by atoms with Crippen molar-refractivity contribution in [2.75, 3.05) is 25.5 Å². The molecule has 0 saturated carbocycles. The number of methoxy groups -OCH3 is 1. The van der Waals surface area contributed by atoms with Gasteiger partial charge in [0.2, 0.25) is 11.8 Å². The van der Waals surface area contributed by atoms with Crippen LogP contribution in [0.3, 0.4) is 0 Å². The fraction of sp³-hybridized carbons (Fsp3) is 0.276. The number of hydrogen-bond donors (Lipinski definition) is 1. The highest BCUT2D eigenvalue weighted by molar-refractivity contribution is 6.31. The second-order valence-corrected chi connectivity index (χ2v) is 9.81. The standard InChI is InChI=1S/C29H28ClFN4O3/c1-38-26-11-10-23(30)22(29(26)31)16-28(37)34-14-12-20(13-15-34)19-6-8-21(9-7-19)33-27(36)17-35-18-32-24-4-2-3-5-25(24)35/h2-11,18,20H,12-17H2,1H3,(H,33,36). The van der Waals surface area contributed by atoms with E-state index in [2.05, 4.69) is 10.3 Å². The molecule has 2 amide bonds. The van der Waals surface area contributed by atoms with Crippen LogP contribution in [0.4, 0.5) is 10.1 Å². The largest absolute Gasteiger partial charge is 0.494 e. The number of anilines is 1. The third-order valence-electron chi connectivity index (χ3n) is 7.05. The summed E-state index contributed by atoms with van der Waals surface area (Å²) in [5.41, 5.74) is 3.83. The fourth-order valence-corrected chi connectivity index (χ4v) is 5.16. The molecule has 1 fully saturated rings. The zero-order chi connectivity index (χ0) is 26.6. The Morgan fingerprint density at radius 2 is 1.82 bits per heavy atom. The van der Waals surface area contributed by atoms with Gasteiger partial charge in [-0.05, 0) is 60.7 Å². The molecule has 1 N–H and O–H groups in total. The molecule has 196 valence electrons. The van der Waals surface area contributed by atoms with Crippen LogP contribution in [-0.4, -0.2) is 46.5 Å². The van der Waals surface area contributed by atoms with Crippen LogP contribution in [0.15, 0.2) is 67.0 Å². The Bertz CT molecular complexity index is 1460. The Morgan fingerprint density at radius 3 is 2.55 bits per heavy atom. The van der Waals surface area contributed by atoms with Crippen molar-refractivity contribution in [2.45, 2.75) is 31.7 Å². The van der Waals surface area contributed by atoms with E-state index in [4.69, 9.17) is 16.3 Å². The maximum Gasteiger partial charge on any atom is 0.244 e. The van der Waals surface area contributed by atoms with E-state index in [1.807, 2.05) is 53.1 Å². The Hall–Kier alpha value is -3.91. The van der Waals surface area contributed by atoms with E-state index in [0.717, 1.165) is 35.1 Å². The molecule has 1 aliphatic heterocycles. The lowest BCUT2D eigenvalue weighted by Crippen LogP contribution is -2.39. The molecule has 7 nitrogen and oxygen atoms in total. The molecule has 4 aromatic rings. The Balaban J connectivity index is 1.14. The first-order chi connectivity index (χ1) is 18.4. The van der Waals surface area contributed by atoms with Gasteiger partial charge in [0.1, 0.15) is 6.54 Å². The fourth-order valence-electron chi connectivity index (χ4n) is 4.95. The average Bonchev–Trinajstić information content (AvgIpc) is 3.34. The van der Waals surface area contributed by atoms with Crippen LogP contribution in [0.1, 0.15) is 29.9 Å². The molecule has 1 aromatic heterocycles. The molecule has 0 aliphatic carbocycles. The molecule has 1 aliphatic rings. The molecule has 0 atom stereocenters. The summed E-state index contributed by atoms with van der Waals surface area (Å²) in [5.74, 6) is -0.487. The van der Waals surface area contributed by atoms with Gasteiger partial charge in [-0.15, -0.1) is 0 Å². The van der Waals surface area contributed by atoms with Crippen molar-refractivity contribution in [1.29, 1.82) is 0 Å². The number of carbonyl (C=O) groups excluding carboxylic acids is 2. The molecule has 0 bridgehead atoms. The molecule has 1 saturated heterocycles. The van der Waals surface area contributed by atoms with E-state index < -0.39 is 5.82 Å². The van der Waals surface area contributed by atoms with Crippen LogP contribution in [0.2, 0.25) is 5.02 Å². The van der Waals surface area contributed by atoms with Gasteiger partial charge in [0.15, 0.2) is 11.6 Å². The lowest BCUT2D eigenvalue weighted by molar-refractivity contribution is -0.131. The third kappa shape index (κ3) is 5.50. The van der Waals surface area contributed by atoms with Crippen LogP contribution in [0.5, 0.6) is 5.75 Å². The van der Waals surface area contributed by atoms with Crippen LogP contribution in [-0.2, 0) is 22.6 Å². The topological polar surface area (TPSA) is 76.5 Å². The lowest BCUT2D eigenvalue weighted by atomic mass is 9.89. The summed E-state index contributed by atoms with van der Waals surface area (Å²) in [4.78, 5) is 31.5. The Labute approximate surface area is 225 Å². The summed E-state index contributed by atoms with van der Waals surface area (Å²) >= 11 is 6.15. The van der Waals surface area contributed by atoms with Gasteiger partial charge in [-0.3, -0.25) is 9.59 Å². The van der Waals surface area contributed by atoms with Gasteiger partial charge < -0.3 is 19.5 Å². The summed E-state index contributed by atoms with van der Waals surface area (Å²) in [6.45, 7) is 1.35. The van der Waals surface area contributed by atoms with Crippen molar-refractivity contribution in [3.05, 3.63) is 89.0 Å². The number of likely N-dealkylation sites (tertiary alicyclic amines) is 1. The highest BCUT2D eigenvalue weighted by Gasteiger charge is 2.26. The van der Waals surface area contributed by atoms with Gasteiger partial charge in [-0.25, -0.2) is 9.37 Å². The maximum absolute atomic E-state index is 14.6. The number of carbonyl (C=O) groups is 2. The molecule has 2 heterocycles. The number of benzene rings is 3. The molecule has 3 aromatic carbocycles. The Morgan fingerprint density at radius 1 is 1.08 bits per heavy atom. The first kappa shape index (κ1) is 25.7. The third-order valence-corrected chi connectivity index (χ3v) is 7.41. The van der Waals surface area contributed by atoms with Gasteiger partial charge in [0.25, 0.3) is 0 Å². The number of halogens is 2. The smallest absolute Gasteiger partial charge is 0.244 e. The van der Waals surface area contributed by atoms with Crippen molar-refractivity contribution in [2.24, 2.45) is 0 Å². The first-order valence-electron chi connectivity index (χ1n) is 12.5. The van der Waals surface area contributed by atoms with Gasteiger partial charge in [-0.1, -0.05) is 35.9 Å². The molecule has 9 heteroatoms. The maximum atomic E-state index is 14.6. The number of nitrogens with one attached hydrogen (secondary N) is 1. The number of hydrogen-bond acceptors (Lipinski definition) is 4. The minimum absolute atomic E-state index is 0.0748. The molecule has 0 unspecified atom stereocenters. The minimum Gasteiger partial charge on any atom is -0.494 e. The predicted molar refractivity (Wildman–Crippen MR) is 145 cm³/mol. The zero-order valence-corrected chi connectivity index (χ0v) is 21.7. The molecule has 0 radical (unpaired) electrons. The number of imidazole rings is 1. The quantitative estimate of drug-likeness (QED) is 0.343. The first-order valence-corrected chi connectivity index (χ1v) is 12.9. The number of amides is 2. The summed E-state index contributed by atoms with van der Waals surface area (Å²) in [6, 6.07) is 18.6. The predicted octanol–water partition coefficient (Wildman–Crippen LogP) is 5.42. The number of fused-ring (bicyclic) bond motifs is 1. The van der Waals surface area contributed by atoms with Crippen molar-refractivity contribution in [3.8, 4) is 5.75 Å². The number of piperidine rings is 1. The van der Waals surface area contributed by atoms with E-state index in [-0.39, 0.29) is 41.1 Å². The van der Waals surface area contributed by atoms with Gasteiger partial charge in [-0.2, -0.15) is 0 Å². The van der Waals surface area contributed by atoms with Crippen molar-refractivity contribution in [3.63, 3.8) is 0 Å². The summed E-state index contributed by atoms with van der Waals surface area (Å²) in [5, 5.41) is 3.17. The van der Waals surface area contributed by atoms with Crippen molar-refractivity contribution >= 4 is 40.1 Å². The van der Waals surface area contributed by atoms with E-state index in [1.165, 1.54) is 13.2 Å². The van der Waals surface area contributed by atoms with Crippen molar-refractivity contribution < 1.29 is 18.7 Å². The van der Waals surface area contributed by atoms with Crippen LogP contribution >= 0.6 is 11.6 Å². The zero-order valence-electron chi connectivity index (χ0n) is 21.0. The second-order valence-electron chi connectivity index (χ2n) is 9.41. The number of rotatable bonds is 7. The number of para-hydroxylation sites is 2. The summed E-state index contributed by atoms with van der Waals surface area (Å²) in [7, 11) is 1.38. The van der Waals surface area contributed by atoms with E-state index in [1.54, 1.807) is 17.3 Å². The second kappa shape index (κ2) is 11.2. The minimum atomic E-state index is -0.589. The van der Waals surface area contributed by atoms with Gasteiger partial charge >= 0.3 is 0 Å². The summed E-state index contributed by atoms with van der Waals surface area (Å²) in [6.07, 6.45) is 3.18. The van der Waals surface area contributed by atoms with E-state index in [0.29, 0.717) is 19.0 Å². The van der Waals surface area contributed by atoms with E-state index in [9.17, 15) is 14.0 Å². The molecule has 0 spiro atoms. The van der Waals surface area contributed by atoms with Crippen molar-refractivity contribution in [1.82, 2.24) is 14.5 Å². The number of aromatic nitrogens is 2. The molecular weight excluding hydrogens is 507 g/mol. The van der Waals surface area contributed by atoms with Crippen LogP contribution in [0.25, 0.3) is 11.0 Å². The summed E-state index contributed by atoms with van der Waals surface area (Å²) < 4.78 is 21.4. The monoisotopic (exact) mass is 534 g/mol. The average molecular weight is 535 g/mol. The van der Waals surface area contributed by atoms with Crippen LogP contribution in [0, 0.1) is 5.82 Å². The highest BCUT2D eigenvalue weighted by atomic mass is 35.5. The van der Waals surface area contributed by atoms with Gasteiger partial charge in [0.05, 0.1) is 30.9 Å². The number of nitrogens with zero attached hydrogens (tertiary/aromatic N) is 3. The molecule has 5 rings (SSSR count). The van der Waals surface area contributed by atoms with Crippen LogP contribution < -0.4 is 10.1 Å². The molecule has 38 heavy (non-hydrogen) atoms.